The molecule has 19 heavy (non-hydrogen) atoms. The van der Waals surface area contributed by atoms with Gasteiger partial charge in [-0.3, -0.25) is 4.72 Å². The van der Waals surface area contributed by atoms with Crippen molar-refractivity contribution in [1.29, 1.82) is 0 Å². The summed E-state index contributed by atoms with van der Waals surface area (Å²) in [5.41, 5.74) is 0.343. The number of benzene rings is 2. The van der Waals surface area contributed by atoms with E-state index in [0.717, 1.165) is 6.26 Å². The summed E-state index contributed by atoms with van der Waals surface area (Å²) >= 11 is 5.90. The van der Waals surface area contributed by atoms with E-state index in [1.807, 2.05) is 18.2 Å². The van der Waals surface area contributed by atoms with Crippen LogP contribution in [-0.2, 0) is 10.0 Å². The second-order valence-corrected chi connectivity index (χ2v) is 6.11. The minimum atomic E-state index is -3.38. The SMILES string of the molecule is CS(=O)(=O)Nc1ccc(Cl)cc1Oc1ccccc1. The quantitative estimate of drug-likeness (QED) is 0.939. The molecule has 0 radical (unpaired) electrons. The lowest BCUT2D eigenvalue weighted by molar-refractivity contribution is 0.485. The first-order valence-corrected chi connectivity index (χ1v) is 7.71. The van der Waals surface area contributed by atoms with Crippen molar-refractivity contribution in [2.45, 2.75) is 0 Å². The summed E-state index contributed by atoms with van der Waals surface area (Å²) in [6.45, 7) is 0. The summed E-state index contributed by atoms with van der Waals surface area (Å²) < 4.78 is 30.6. The van der Waals surface area contributed by atoms with Crippen molar-refractivity contribution < 1.29 is 13.2 Å². The van der Waals surface area contributed by atoms with E-state index in [4.69, 9.17) is 16.3 Å². The monoisotopic (exact) mass is 297 g/mol. The molecule has 0 fully saturated rings. The lowest BCUT2D eigenvalue weighted by Gasteiger charge is -2.12. The Bertz CT molecular complexity index is 672. The smallest absolute Gasteiger partial charge is 0.229 e. The zero-order chi connectivity index (χ0) is 13.9. The van der Waals surface area contributed by atoms with Gasteiger partial charge in [-0.2, -0.15) is 0 Å². The van der Waals surface area contributed by atoms with Crippen LogP contribution in [0.3, 0.4) is 0 Å². The third-order valence-electron chi connectivity index (χ3n) is 2.21. The number of hydrogen-bond donors (Lipinski definition) is 1. The Hall–Kier alpha value is -1.72. The number of ether oxygens (including phenoxy) is 1. The van der Waals surface area contributed by atoms with Crippen LogP contribution in [0.25, 0.3) is 0 Å². The van der Waals surface area contributed by atoms with Crippen molar-refractivity contribution in [1.82, 2.24) is 0 Å². The Morgan fingerprint density at radius 3 is 2.42 bits per heavy atom. The standard InChI is InChI=1S/C13H12ClNO3S/c1-19(16,17)15-12-8-7-10(14)9-13(12)18-11-5-3-2-4-6-11/h2-9,15H,1H3. The van der Waals surface area contributed by atoms with Crippen LogP contribution in [0.5, 0.6) is 11.5 Å². The Morgan fingerprint density at radius 2 is 1.79 bits per heavy atom. The zero-order valence-corrected chi connectivity index (χ0v) is 11.7. The summed E-state index contributed by atoms with van der Waals surface area (Å²) in [7, 11) is -3.38. The minimum absolute atomic E-state index is 0.343. The topological polar surface area (TPSA) is 55.4 Å². The van der Waals surface area contributed by atoms with E-state index >= 15 is 0 Å². The van der Waals surface area contributed by atoms with Gasteiger partial charge < -0.3 is 4.74 Å². The summed E-state index contributed by atoms with van der Waals surface area (Å²) in [4.78, 5) is 0. The fraction of sp³-hybridized carbons (Fsp3) is 0.0769. The third-order valence-corrected chi connectivity index (χ3v) is 3.04. The zero-order valence-electron chi connectivity index (χ0n) is 10.1. The molecule has 2 aromatic carbocycles. The molecule has 0 aliphatic heterocycles. The number of sulfonamides is 1. The molecule has 0 aliphatic carbocycles. The van der Waals surface area contributed by atoms with E-state index in [0.29, 0.717) is 22.2 Å². The Morgan fingerprint density at radius 1 is 1.11 bits per heavy atom. The molecule has 2 aromatic rings. The summed E-state index contributed by atoms with van der Waals surface area (Å²) in [5.74, 6) is 0.949. The van der Waals surface area contributed by atoms with Gasteiger partial charge in [0.2, 0.25) is 10.0 Å². The Kier molecular flexibility index (Phi) is 3.97. The molecule has 0 saturated heterocycles. The lowest BCUT2D eigenvalue weighted by Crippen LogP contribution is -2.10. The molecule has 0 saturated carbocycles. The van der Waals surface area contributed by atoms with E-state index in [2.05, 4.69) is 4.72 Å². The van der Waals surface area contributed by atoms with Gasteiger partial charge in [0.15, 0.2) is 5.75 Å². The van der Waals surface area contributed by atoms with Crippen LogP contribution < -0.4 is 9.46 Å². The minimum Gasteiger partial charge on any atom is -0.455 e. The van der Waals surface area contributed by atoms with Crippen molar-refractivity contribution >= 4 is 27.3 Å². The van der Waals surface area contributed by atoms with E-state index in [1.54, 1.807) is 30.3 Å². The first-order valence-electron chi connectivity index (χ1n) is 5.44. The number of rotatable bonds is 4. The van der Waals surface area contributed by atoms with Crippen LogP contribution in [0.1, 0.15) is 0 Å². The highest BCUT2D eigenvalue weighted by Gasteiger charge is 2.10. The maximum Gasteiger partial charge on any atom is 0.229 e. The number of halogens is 1. The van der Waals surface area contributed by atoms with Gasteiger partial charge in [0, 0.05) is 11.1 Å². The van der Waals surface area contributed by atoms with Gasteiger partial charge >= 0.3 is 0 Å². The van der Waals surface area contributed by atoms with E-state index < -0.39 is 10.0 Å². The molecule has 0 aliphatic rings. The largest absolute Gasteiger partial charge is 0.455 e. The second-order valence-electron chi connectivity index (χ2n) is 3.93. The predicted octanol–water partition coefficient (Wildman–Crippen LogP) is 3.50. The molecule has 0 aromatic heterocycles. The van der Waals surface area contributed by atoms with Crippen molar-refractivity contribution in [3.8, 4) is 11.5 Å². The number of hydrogen-bond acceptors (Lipinski definition) is 3. The predicted molar refractivity (Wildman–Crippen MR) is 76.4 cm³/mol. The van der Waals surface area contributed by atoms with Gasteiger partial charge in [-0.1, -0.05) is 29.8 Å². The fourth-order valence-electron chi connectivity index (χ4n) is 1.48. The van der Waals surface area contributed by atoms with Gasteiger partial charge in [-0.15, -0.1) is 0 Å². The second kappa shape index (κ2) is 5.50. The van der Waals surface area contributed by atoms with Crippen LogP contribution in [0.15, 0.2) is 48.5 Å². The molecule has 100 valence electrons. The molecule has 6 heteroatoms. The molecule has 0 spiro atoms. The molecule has 1 N–H and O–H groups in total. The van der Waals surface area contributed by atoms with Crippen molar-refractivity contribution in [2.75, 3.05) is 11.0 Å². The van der Waals surface area contributed by atoms with Gasteiger partial charge in [-0.05, 0) is 24.3 Å². The van der Waals surface area contributed by atoms with E-state index in [1.165, 1.54) is 0 Å². The average Bonchev–Trinajstić information content (AvgIpc) is 2.32. The molecule has 0 heterocycles. The van der Waals surface area contributed by atoms with Crippen LogP contribution >= 0.6 is 11.6 Å². The molecular formula is C13H12ClNO3S. The number of nitrogens with one attached hydrogen (secondary N) is 1. The molecule has 0 bridgehead atoms. The van der Waals surface area contributed by atoms with Crippen LogP contribution in [0, 0.1) is 0 Å². The molecule has 0 unspecified atom stereocenters. The van der Waals surface area contributed by atoms with Crippen molar-refractivity contribution in [2.24, 2.45) is 0 Å². The van der Waals surface area contributed by atoms with Crippen LogP contribution in [0.2, 0.25) is 5.02 Å². The molecule has 4 nitrogen and oxygen atoms in total. The van der Waals surface area contributed by atoms with Gasteiger partial charge in [0.05, 0.1) is 11.9 Å². The first-order chi connectivity index (χ1) is 8.94. The lowest BCUT2D eigenvalue weighted by atomic mass is 10.3. The molecule has 0 atom stereocenters. The summed E-state index contributed by atoms with van der Waals surface area (Å²) in [6, 6.07) is 13.8. The Labute approximate surface area is 117 Å². The fourth-order valence-corrected chi connectivity index (χ4v) is 2.21. The third kappa shape index (κ3) is 4.15. The van der Waals surface area contributed by atoms with Crippen LogP contribution in [-0.4, -0.2) is 14.7 Å². The first kappa shape index (κ1) is 13.7. The maximum absolute atomic E-state index is 11.3. The highest BCUT2D eigenvalue weighted by molar-refractivity contribution is 7.92. The van der Waals surface area contributed by atoms with Gasteiger partial charge in [0.1, 0.15) is 5.75 Å². The molecule has 0 amide bonds. The highest BCUT2D eigenvalue weighted by atomic mass is 35.5. The normalized spacial score (nSPS) is 11.1. The molecular weight excluding hydrogens is 286 g/mol. The summed E-state index contributed by atoms with van der Waals surface area (Å²) in [5, 5.41) is 0.463. The van der Waals surface area contributed by atoms with Crippen molar-refractivity contribution in [3.63, 3.8) is 0 Å². The average molecular weight is 298 g/mol. The number of anilines is 1. The van der Waals surface area contributed by atoms with E-state index in [9.17, 15) is 8.42 Å². The van der Waals surface area contributed by atoms with Gasteiger partial charge in [0.25, 0.3) is 0 Å². The van der Waals surface area contributed by atoms with Gasteiger partial charge in [-0.25, -0.2) is 8.42 Å². The molecule has 2 rings (SSSR count). The van der Waals surface area contributed by atoms with E-state index in [-0.39, 0.29) is 0 Å². The Balaban J connectivity index is 2.35. The van der Waals surface area contributed by atoms with Crippen LogP contribution in [0.4, 0.5) is 5.69 Å². The maximum atomic E-state index is 11.3. The highest BCUT2D eigenvalue weighted by Crippen LogP contribution is 2.32. The summed E-state index contributed by atoms with van der Waals surface area (Å²) in [6.07, 6.45) is 1.08. The van der Waals surface area contributed by atoms with Crippen molar-refractivity contribution in [3.05, 3.63) is 53.6 Å². The number of para-hydroxylation sites is 1.